The minimum absolute atomic E-state index is 0.609. The van der Waals surface area contributed by atoms with Crippen LogP contribution in [0.2, 0.25) is 0 Å². The number of hydrogen-bond donors (Lipinski definition) is 1. The second-order valence-electron chi connectivity index (χ2n) is 5.37. The predicted molar refractivity (Wildman–Crippen MR) is 63.9 cm³/mol. The van der Waals surface area contributed by atoms with Gasteiger partial charge in [-0.1, -0.05) is 6.92 Å². The van der Waals surface area contributed by atoms with Crippen molar-refractivity contribution < 1.29 is 0 Å². The van der Waals surface area contributed by atoms with Gasteiger partial charge in [0.15, 0.2) is 0 Å². The first-order chi connectivity index (χ1) is 7.02. The highest BCUT2D eigenvalue weighted by Crippen LogP contribution is 2.44. The summed E-state index contributed by atoms with van der Waals surface area (Å²) in [5, 5.41) is 3.57. The maximum absolute atomic E-state index is 3.57. The predicted octanol–water partition coefficient (Wildman–Crippen LogP) is 2.53. The van der Waals surface area contributed by atoms with E-state index in [2.05, 4.69) is 43.8 Å². The summed E-state index contributed by atoms with van der Waals surface area (Å²) < 4.78 is 2.26. The Morgan fingerprint density at radius 3 is 2.53 bits per heavy atom. The molecule has 0 radical (unpaired) electrons. The summed E-state index contributed by atoms with van der Waals surface area (Å²) in [5.41, 5.74) is 4.79. The molecule has 2 heteroatoms. The molecule has 0 unspecified atom stereocenters. The average Bonchev–Trinajstić information content (AvgIpc) is 2.87. The van der Waals surface area contributed by atoms with Crippen molar-refractivity contribution in [2.24, 2.45) is 12.5 Å². The van der Waals surface area contributed by atoms with Crippen LogP contribution in [0, 0.1) is 19.3 Å². The van der Waals surface area contributed by atoms with Crippen molar-refractivity contribution in [3.63, 3.8) is 0 Å². The highest BCUT2D eigenvalue weighted by atomic mass is 15.0. The van der Waals surface area contributed by atoms with Crippen LogP contribution < -0.4 is 5.32 Å². The number of rotatable bonds is 4. The molecule has 0 saturated heterocycles. The van der Waals surface area contributed by atoms with Crippen molar-refractivity contribution in [3.05, 3.63) is 23.0 Å². The van der Waals surface area contributed by atoms with Crippen LogP contribution in [0.4, 0.5) is 0 Å². The fourth-order valence-corrected chi connectivity index (χ4v) is 2.00. The summed E-state index contributed by atoms with van der Waals surface area (Å²) in [4.78, 5) is 0. The highest BCUT2D eigenvalue weighted by Gasteiger charge is 2.36. The smallest absolute Gasteiger partial charge is 0.0223 e. The van der Waals surface area contributed by atoms with Crippen LogP contribution in [0.25, 0.3) is 0 Å². The molecule has 1 aliphatic rings. The van der Waals surface area contributed by atoms with Crippen LogP contribution in [0.15, 0.2) is 6.07 Å². The first kappa shape index (κ1) is 10.7. The molecule has 0 aromatic carbocycles. The average molecular weight is 206 g/mol. The number of hydrogen-bond acceptors (Lipinski definition) is 1. The largest absolute Gasteiger partial charge is 0.352 e. The topological polar surface area (TPSA) is 17.0 Å². The Kier molecular flexibility index (Phi) is 2.63. The van der Waals surface area contributed by atoms with Crippen molar-refractivity contribution in [2.45, 2.75) is 40.2 Å². The monoisotopic (exact) mass is 206 g/mol. The van der Waals surface area contributed by atoms with Crippen molar-refractivity contribution in [3.8, 4) is 0 Å². The van der Waals surface area contributed by atoms with Crippen LogP contribution in [-0.2, 0) is 13.6 Å². The van der Waals surface area contributed by atoms with Crippen molar-refractivity contribution in [1.29, 1.82) is 0 Å². The van der Waals surface area contributed by atoms with Crippen molar-refractivity contribution in [2.75, 3.05) is 6.54 Å². The summed E-state index contributed by atoms with van der Waals surface area (Å²) in [6.07, 6.45) is 2.79. The van der Waals surface area contributed by atoms with Gasteiger partial charge >= 0.3 is 0 Å². The van der Waals surface area contributed by atoms with Gasteiger partial charge in [-0.15, -0.1) is 0 Å². The standard InChI is InChI=1S/C13H22N2/c1-10-7-12(11(2)15(10)4)8-14-9-13(3)5-6-13/h7,14H,5-6,8-9H2,1-4H3. The molecule has 1 aromatic rings. The van der Waals surface area contributed by atoms with Crippen molar-refractivity contribution >= 4 is 0 Å². The molecule has 0 aliphatic heterocycles. The maximum Gasteiger partial charge on any atom is 0.0223 e. The first-order valence-corrected chi connectivity index (χ1v) is 5.84. The summed E-state index contributed by atoms with van der Waals surface area (Å²) in [5.74, 6) is 0. The zero-order valence-electron chi connectivity index (χ0n) is 10.4. The van der Waals surface area contributed by atoms with E-state index in [1.807, 2.05) is 0 Å². The molecule has 1 aliphatic carbocycles. The minimum atomic E-state index is 0.609. The number of aryl methyl sites for hydroxylation is 1. The van der Waals surface area contributed by atoms with Gasteiger partial charge in [-0.05, 0) is 43.7 Å². The number of aromatic nitrogens is 1. The van der Waals surface area contributed by atoms with Gasteiger partial charge < -0.3 is 9.88 Å². The SMILES string of the molecule is Cc1cc(CNCC2(C)CC2)c(C)n1C. The fourth-order valence-electron chi connectivity index (χ4n) is 2.00. The summed E-state index contributed by atoms with van der Waals surface area (Å²) in [6.45, 7) is 8.91. The van der Waals surface area contributed by atoms with Crippen LogP contribution in [-0.4, -0.2) is 11.1 Å². The van der Waals surface area contributed by atoms with E-state index in [9.17, 15) is 0 Å². The van der Waals surface area contributed by atoms with Gasteiger partial charge in [-0.2, -0.15) is 0 Å². The molecular weight excluding hydrogens is 184 g/mol. The van der Waals surface area contributed by atoms with Gasteiger partial charge in [0.1, 0.15) is 0 Å². The molecule has 1 heterocycles. The highest BCUT2D eigenvalue weighted by molar-refractivity contribution is 5.26. The van der Waals surface area contributed by atoms with Gasteiger partial charge in [-0.3, -0.25) is 0 Å². The molecule has 2 rings (SSSR count). The van der Waals surface area contributed by atoms with E-state index in [4.69, 9.17) is 0 Å². The Hall–Kier alpha value is -0.760. The molecule has 0 spiro atoms. The zero-order valence-corrected chi connectivity index (χ0v) is 10.4. The third-order valence-electron chi connectivity index (χ3n) is 3.85. The van der Waals surface area contributed by atoms with Gasteiger partial charge in [-0.25, -0.2) is 0 Å². The Balaban J connectivity index is 1.90. The quantitative estimate of drug-likeness (QED) is 0.801. The van der Waals surface area contributed by atoms with E-state index in [0.717, 1.165) is 6.54 Å². The third kappa shape index (κ3) is 2.25. The van der Waals surface area contributed by atoms with E-state index in [-0.39, 0.29) is 0 Å². The van der Waals surface area contributed by atoms with Gasteiger partial charge in [0, 0.05) is 31.5 Å². The van der Waals surface area contributed by atoms with E-state index < -0.39 is 0 Å². The van der Waals surface area contributed by atoms with Gasteiger partial charge in [0.25, 0.3) is 0 Å². The van der Waals surface area contributed by atoms with E-state index in [0.29, 0.717) is 5.41 Å². The van der Waals surface area contributed by atoms with E-state index >= 15 is 0 Å². The summed E-state index contributed by atoms with van der Waals surface area (Å²) >= 11 is 0. The number of nitrogens with one attached hydrogen (secondary N) is 1. The lowest BCUT2D eigenvalue weighted by atomic mass is 10.1. The molecule has 1 N–H and O–H groups in total. The second-order valence-corrected chi connectivity index (χ2v) is 5.37. The Morgan fingerprint density at radius 2 is 2.07 bits per heavy atom. The molecule has 1 aromatic heterocycles. The lowest BCUT2D eigenvalue weighted by Gasteiger charge is -2.09. The maximum atomic E-state index is 3.57. The molecule has 0 amide bonds. The Bertz CT molecular complexity index is 359. The van der Waals surface area contributed by atoms with E-state index in [1.165, 1.54) is 36.3 Å². The first-order valence-electron chi connectivity index (χ1n) is 5.84. The lowest BCUT2D eigenvalue weighted by molar-refractivity contribution is 0.499. The van der Waals surface area contributed by atoms with E-state index in [1.54, 1.807) is 0 Å². The summed E-state index contributed by atoms with van der Waals surface area (Å²) in [7, 11) is 2.14. The zero-order chi connectivity index (χ0) is 11.1. The molecule has 15 heavy (non-hydrogen) atoms. The van der Waals surface area contributed by atoms with Crippen molar-refractivity contribution in [1.82, 2.24) is 9.88 Å². The molecule has 0 atom stereocenters. The third-order valence-corrected chi connectivity index (χ3v) is 3.85. The van der Waals surface area contributed by atoms with Crippen LogP contribution in [0.1, 0.15) is 36.7 Å². The van der Waals surface area contributed by atoms with Gasteiger partial charge in [0.05, 0.1) is 0 Å². The fraction of sp³-hybridized carbons (Fsp3) is 0.692. The number of nitrogens with zero attached hydrogens (tertiary/aromatic N) is 1. The molecular formula is C13H22N2. The lowest BCUT2D eigenvalue weighted by Crippen LogP contribution is -2.21. The summed E-state index contributed by atoms with van der Waals surface area (Å²) in [6, 6.07) is 2.29. The normalized spacial score (nSPS) is 18.1. The van der Waals surface area contributed by atoms with Crippen LogP contribution >= 0.6 is 0 Å². The molecule has 0 bridgehead atoms. The molecule has 1 fully saturated rings. The molecule has 1 saturated carbocycles. The minimum Gasteiger partial charge on any atom is -0.352 e. The van der Waals surface area contributed by atoms with Gasteiger partial charge in [0.2, 0.25) is 0 Å². The Labute approximate surface area is 92.7 Å². The molecule has 2 nitrogen and oxygen atoms in total. The molecule has 84 valence electrons. The second kappa shape index (κ2) is 3.67. The van der Waals surface area contributed by atoms with Crippen LogP contribution in [0.3, 0.4) is 0 Å². The van der Waals surface area contributed by atoms with Crippen LogP contribution in [0.5, 0.6) is 0 Å². The Morgan fingerprint density at radius 1 is 1.40 bits per heavy atom.